The van der Waals surface area contributed by atoms with E-state index in [1.54, 1.807) is 13.2 Å². The van der Waals surface area contributed by atoms with Crippen molar-refractivity contribution in [2.24, 2.45) is 0 Å². The lowest BCUT2D eigenvalue weighted by Crippen LogP contribution is -2.37. The smallest absolute Gasteiger partial charge is 0.414 e. The molecule has 142 valence electrons. The Balaban J connectivity index is 1.82. The summed E-state index contributed by atoms with van der Waals surface area (Å²) in [5, 5.41) is 11.2. The molecule has 0 aliphatic carbocycles. The van der Waals surface area contributed by atoms with Crippen LogP contribution < -0.4 is 4.90 Å². The number of nitrogens with zero attached hydrogens (tertiary/aromatic N) is 2. The van der Waals surface area contributed by atoms with Gasteiger partial charge in [-0.2, -0.15) is 0 Å². The maximum Gasteiger partial charge on any atom is 0.414 e. The summed E-state index contributed by atoms with van der Waals surface area (Å²) in [6.45, 7) is 1.21. The fourth-order valence-electron chi connectivity index (χ4n) is 3.33. The van der Waals surface area contributed by atoms with Gasteiger partial charge in [0.05, 0.1) is 10.6 Å². The molecule has 1 heterocycles. The Morgan fingerprint density at radius 1 is 1.26 bits per heavy atom. The van der Waals surface area contributed by atoms with Gasteiger partial charge in [0.2, 0.25) is 0 Å². The van der Waals surface area contributed by atoms with Gasteiger partial charge < -0.3 is 9.47 Å². The topological polar surface area (TPSA) is 81.9 Å². The zero-order valence-corrected chi connectivity index (χ0v) is 15.2. The number of amides is 1. The van der Waals surface area contributed by atoms with Crippen molar-refractivity contribution < 1.29 is 19.2 Å². The van der Waals surface area contributed by atoms with Crippen LogP contribution in [0, 0.1) is 10.1 Å². The number of rotatable bonds is 6. The van der Waals surface area contributed by atoms with E-state index in [9.17, 15) is 14.9 Å². The number of carbonyl (C=O) groups is 1. The number of anilines is 1. The number of carbonyl (C=O) groups excluding carboxylic acids is 1. The third-order valence-corrected chi connectivity index (χ3v) is 4.75. The molecule has 0 spiro atoms. The summed E-state index contributed by atoms with van der Waals surface area (Å²) >= 11 is 0. The minimum atomic E-state index is -0.495. The van der Waals surface area contributed by atoms with Gasteiger partial charge in [-0.25, -0.2) is 4.79 Å². The van der Waals surface area contributed by atoms with Gasteiger partial charge in [0.1, 0.15) is 6.61 Å². The normalized spacial score (nSPS) is 15.9. The highest BCUT2D eigenvalue weighted by molar-refractivity contribution is 5.90. The van der Waals surface area contributed by atoms with Crippen molar-refractivity contribution in [1.29, 1.82) is 0 Å². The molecule has 7 nitrogen and oxygen atoms in total. The highest BCUT2D eigenvalue weighted by Crippen LogP contribution is 2.39. The summed E-state index contributed by atoms with van der Waals surface area (Å²) in [6.07, 6.45) is 1.06. The van der Waals surface area contributed by atoms with Gasteiger partial charge in [-0.3, -0.25) is 15.0 Å². The van der Waals surface area contributed by atoms with E-state index in [2.05, 4.69) is 0 Å². The van der Waals surface area contributed by atoms with Crippen molar-refractivity contribution in [3.8, 4) is 0 Å². The first-order chi connectivity index (χ1) is 13.1. The Labute approximate surface area is 157 Å². The van der Waals surface area contributed by atoms with Crippen molar-refractivity contribution in [2.75, 3.05) is 25.2 Å². The van der Waals surface area contributed by atoms with Gasteiger partial charge in [0.15, 0.2) is 0 Å². The van der Waals surface area contributed by atoms with Crippen molar-refractivity contribution in [2.45, 2.75) is 25.4 Å². The molecule has 1 aliphatic heterocycles. The quantitative estimate of drug-likeness (QED) is 0.560. The first kappa shape index (κ1) is 18.8. The lowest BCUT2D eigenvalue weighted by atomic mass is 9.87. The van der Waals surface area contributed by atoms with Crippen LogP contribution in [0.1, 0.15) is 29.9 Å². The Bertz CT molecular complexity index is 809. The molecule has 0 saturated carbocycles. The SMILES string of the molecule is COCCC1CCN(C(=O)OCc2ccccc2)c2cc([N+](=O)[O-])ccc21. The number of benzene rings is 2. The van der Waals surface area contributed by atoms with Crippen LogP contribution in [0.2, 0.25) is 0 Å². The minimum Gasteiger partial charge on any atom is -0.444 e. The summed E-state index contributed by atoms with van der Waals surface area (Å²) in [5.41, 5.74) is 2.32. The van der Waals surface area contributed by atoms with Gasteiger partial charge in [-0.1, -0.05) is 30.3 Å². The van der Waals surface area contributed by atoms with E-state index < -0.39 is 11.0 Å². The van der Waals surface area contributed by atoms with E-state index in [-0.39, 0.29) is 18.2 Å². The molecule has 0 aromatic heterocycles. The molecule has 7 heteroatoms. The number of hydrogen-bond acceptors (Lipinski definition) is 5. The minimum absolute atomic E-state index is 0.0398. The molecule has 0 N–H and O–H groups in total. The third kappa shape index (κ3) is 4.43. The largest absolute Gasteiger partial charge is 0.444 e. The Hall–Kier alpha value is -2.93. The van der Waals surface area contributed by atoms with Crippen molar-refractivity contribution in [1.82, 2.24) is 0 Å². The molecule has 27 heavy (non-hydrogen) atoms. The Kier molecular flexibility index (Phi) is 6.03. The maximum atomic E-state index is 12.6. The second-order valence-corrected chi connectivity index (χ2v) is 6.46. The van der Waals surface area contributed by atoms with E-state index in [1.165, 1.54) is 17.0 Å². The fraction of sp³-hybridized carbons (Fsp3) is 0.350. The molecule has 1 atom stereocenters. The van der Waals surface area contributed by atoms with Crippen LogP contribution in [-0.2, 0) is 16.1 Å². The molecule has 2 aromatic carbocycles. The molecular weight excluding hydrogens is 348 g/mol. The molecule has 0 bridgehead atoms. The van der Waals surface area contributed by atoms with Crippen LogP contribution in [0.5, 0.6) is 0 Å². The van der Waals surface area contributed by atoms with Crippen LogP contribution >= 0.6 is 0 Å². The lowest BCUT2D eigenvalue weighted by Gasteiger charge is -2.33. The summed E-state index contributed by atoms with van der Waals surface area (Å²) in [5.74, 6) is 0.193. The molecule has 0 saturated heterocycles. The van der Waals surface area contributed by atoms with E-state index in [1.807, 2.05) is 30.3 Å². The van der Waals surface area contributed by atoms with Crippen molar-refractivity contribution >= 4 is 17.5 Å². The van der Waals surface area contributed by atoms with Crippen LogP contribution in [0.25, 0.3) is 0 Å². The maximum absolute atomic E-state index is 12.6. The monoisotopic (exact) mass is 370 g/mol. The average Bonchev–Trinajstić information content (AvgIpc) is 2.70. The van der Waals surface area contributed by atoms with Gasteiger partial charge in [0.25, 0.3) is 5.69 Å². The molecule has 1 aliphatic rings. The van der Waals surface area contributed by atoms with E-state index in [0.717, 1.165) is 24.0 Å². The summed E-state index contributed by atoms with van der Waals surface area (Å²) in [4.78, 5) is 24.9. The first-order valence-corrected chi connectivity index (χ1v) is 8.85. The van der Waals surface area contributed by atoms with Crippen molar-refractivity contribution in [3.63, 3.8) is 0 Å². The Morgan fingerprint density at radius 3 is 2.74 bits per heavy atom. The standard InChI is InChI=1S/C20H22N2O5/c1-26-12-10-16-9-11-21(19-13-17(22(24)25)7-8-18(16)19)20(23)27-14-15-5-3-2-4-6-15/h2-8,13,16H,9-12,14H2,1H3. The first-order valence-electron chi connectivity index (χ1n) is 8.85. The lowest BCUT2D eigenvalue weighted by molar-refractivity contribution is -0.384. The number of hydrogen-bond donors (Lipinski definition) is 0. The molecule has 3 rings (SSSR count). The summed E-state index contributed by atoms with van der Waals surface area (Å²) in [6, 6.07) is 14.1. The summed E-state index contributed by atoms with van der Waals surface area (Å²) in [7, 11) is 1.65. The number of nitro benzene ring substituents is 1. The number of methoxy groups -OCH3 is 1. The van der Waals surface area contributed by atoms with Crippen LogP contribution in [0.3, 0.4) is 0 Å². The highest BCUT2D eigenvalue weighted by atomic mass is 16.6. The molecule has 0 radical (unpaired) electrons. The zero-order chi connectivity index (χ0) is 19.2. The average molecular weight is 370 g/mol. The van der Waals surface area contributed by atoms with Crippen LogP contribution in [-0.4, -0.2) is 31.3 Å². The van der Waals surface area contributed by atoms with Crippen molar-refractivity contribution in [3.05, 3.63) is 69.8 Å². The molecule has 0 fully saturated rings. The second kappa shape index (κ2) is 8.64. The van der Waals surface area contributed by atoms with Gasteiger partial charge >= 0.3 is 6.09 Å². The number of ether oxygens (including phenoxy) is 2. The number of nitro groups is 1. The Morgan fingerprint density at radius 2 is 2.04 bits per heavy atom. The molecule has 1 amide bonds. The predicted octanol–water partition coefficient (Wildman–Crippen LogP) is 4.26. The van der Waals surface area contributed by atoms with Gasteiger partial charge in [-0.15, -0.1) is 0 Å². The molecule has 2 aromatic rings. The van der Waals surface area contributed by atoms with E-state index >= 15 is 0 Å². The highest BCUT2D eigenvalue weighted by Gasteiger charge is 2.31. The van der Waals surface area contributed by atoms with E-state index in [4.69, 9.17) is 9.47 Å². The van der Waals surface area contributed by atoms with Crippen LogP contribution in [0.15, 0.2) is 48.5 Å². The predicted molar refractivity (Wildman–Crippen MR) is 101 cm³/mol. The third-order valence-electron chi connectivity index (χ3n) is 4.75. The van der Waals surface area contributed by atoms with Crippen LogP contribution in [0.4, 0.5) is 16.2 Å². The van der Waals surface area contributed by atoms with Gasteiger partial charge in [0, 0.05) is 32.4 Å². The molecule has 1 unspecified atom stereocenters. The number of non-ortho nitro benzene ring substituents is 1. The zero-order valence-electron chi connectivity index (χ0n) is 15.2. The summed E-state index contributed by atoms with van der Waals surface area (Å²) < 4.78 is 10.6. The van der Waals surface area contributed by atoms with Gasteiger partial charge in [-0.05, 0) is 36.0 Å². The number of fused-ring (bicyclic) bond motifs is 1. The second-order valence-electron chi connectivity index (χ2n) is 6.46. The van der Waals surface area contributed by atoms with E-state index in [0.29, 0.717) is 18.8 Å². The fourth-order valence-corrected chi connectivity index (χ4v) is 3.33. The molecular formula is C20H22N2O5.